The van der Waals surface area contributed by atoms with Crippen molar-refractivity contribution in [2.75, 3.05) is 6.54 Å². The van der Waals surface area contributed by atoms with E-state index in [1.807, 2.05) is 6.08 Å². The number of allylic oxidation sites excluding steroid dienone is 1. The Balaban J connectivity index is 2.54. The number of rotatable bonds is 3. The molecule has 68 valence electrons. The van der Waals surface area contributed by atoms with Gasteiger partial charge in [0.1, 0.15) is 6.04 Å². The van der Waals surface area contributed by atoms with E-state index < -0.39 is 5.97 Å². The minimum atomic E-state index is -0.747. The lowest BCUT2D eigenvalue weighted by Crippen LogP contribution is -2.30. The summed E-state index contributed by atoms with van der Waals surface area (Å²) in [6.07, 6.45) is 3.43. The van der Waals surface area contributed by atoms with Crippen LogP contribution in [0.15, 0.2) is 12.7 Å². The molecule has 0 saturated carbocycles. The monoisotopic (exact) mass is 169 g/mol. The van der Waals surface area contributed by atoms with Crippen molar-refractivity contribution in [3.8, 4) is 0 Å². The molecule has 0 aromatic carbocycles. The highest BCUT2D eigenvalue weighted by molar-refractivity contribution is 5.74. The van der Waals surface area contributed by atoms with Gasteiger partial charge < -0.3 is 10.4 Å². The smallest absolute Gasteiger partial charge is 0.320 e. The van der Waals surface area contributed by atoms with Crippen molar-refractivity contribution in [2.45, 2.75) is 25.8 Å². The van der Waals surface area contributed by atoms with E-state index >= 15 is 0 Å². The topological polar surface area (TPSA) is 49.3 Å². The fraction of sp³-hybridized carbons (Fsp3) is 0.667. The summed E-state index contributed by atoms with van der Waals surface area (Å²) in [5.41, 5.74) is 0.0881. The van der Waals surface area contributed by atoms with Gasteiger partial charge in [0, 0.05) is 6.54 Å². The minimum Gasteiger partial charge on any atom is -0.480 e. The number of hydrogen-bond donors (Lipinski definition) is 2. The summed E-state index contributed by atoms with van der Waals surface area (Å²) in [6.45, 7) is 6.53. The van der Waals surface area contributed by atoms with Gasteiger partial charge in [-0.15, -0.1) is 6.58 Å². The zero-order valence-corrected chi connectivity index (χ0v) is 7.34. The highest BCUT2D eigenvalue weighted by Gasteiger charge is 2.36. The summed E-state index contributed by atoms with van der Waals surface area (Å²) in [4.78, 5) is 10.6. The zero-order valence-electron chi connectivity index (χ0n) is 7.34. The quantitative estimate of drug-likeness (QED) is 0.620. The van der Waals surface area contributed by atoms with Gasteiger partial charge >= 0.3 is 5.97 Å². The molecule has 3 nitrogen and oxygen atoms in total. The molecule has 0 spiro atoms. The predicted octanol–water partition coefficient (Wildman–Crippen LogP) is 1.02. The molecular weight excluding hydrogens is 154 g/mol. The summed E-state index contributed by atoms with van der Waals surface area (Å²) in [6, 6.07) is -0.366. The molecule has 0 aliphatic carbocycles. The fourth-order valence-electron chi connectivity index (χ4n) is 1.69. The lowest BCUT2D eigenvalue weighted by atomic mass is 9.84. The van der Waals surface area contributed by atoms with E-state index in [-0.39, 0.29) is 11.5 Å². The predicted molar refractivity (Wildman–Crippen MR) is 47.0 cm³/mol. The van der Waals surface area contributed by atoms with Crippen LogP contribution in [0, 0.1) is 5.41 Å². The molecule has 12 heavy (non-hydrogen) atoms. The Kier molecular flexibility index (Phi) is 2.52. The highest BCUT2D eigenvalue weighted by atomic mass is 16.4. The van der Waals surface area contributed by atoms with Gasteiger partial charge in [-0.05, 0) is 18.3 Å². The van der Waals surface area contributed by atoms with Crippen LogP contribution in [0.2, 0.25) is 0 Å². The first kappa shape index (κ1) is 9.26. The van der Waals surface area contributed by atoms with E-state index in [1.165, 1.54) is 0 Å². The van der Waals surface area contributed by atoms with Crippen molar-refractivity contribution in [3.63, 3.8) is 0 Å². The summed E-state index contributed by atoms with van der Waals surface area (Å²) in [5, 5.41) is 11.7. The van der Waals surface area contributed by atoms with E-state index in [9.17, 15) is 4.79 Å². The number of carboxylic acid groups (broad SMARTS) is 1. The zero-order chi connectivity index (χ0) is 9.19. The lowest BCUT2D eigenvalue weighted by Gasteiger charge is -2.19. The van der Waals surface area contributed by atoms with Gasteiger partial charge in [0.05, 0.1) is 0 Å². The highest BCUT2D eigenvalue weighted by Crippen LogP contribution is 2.32. The Morgan fingerprint density at radius 2 is 2.58 bits per heavy atom. The molecular formula is C9H15NO2. The van der Waals surface area contributed by atoms with Crippen LogP contribution in [0.5, 0.6) is 0 Å². The van der Waals surface area contributed by atoms with Crippen molar-refractivity contribution < 1.29 is 9.90 Å². The van der Waals surface area contributed by atoms with Crippen LogP contribution in [0.1, 0.15) is 19.8 Å². The largest absolute Gasteiger partial charge is 0.480 e. The molecule has 3 heteroatoms. The standard InChI is InChI=1S/C9H15NO2/c1-3-4-9(2)5-7(8(11)12)10-6-9/h3,7,10H,1,4-6H2,2H3,(H,11,12)/t7-,9?/m0/s1. The van der Waals surface area contributed by atoms with Crippen molar-refractivity contribution in [1.82, 2.24) is 5.32 Å². The van der Waals surface area contributed by atoms with Crippen LogP contribution in [-0.2, 0) is 4.79 Å². The lowest BCUT2D eigenvalue weighted by molar-refractivity contribution is -0.139. The van der Waals surface area contributed by atoms with E-state index in [2.05, 4.69) is 18.8 Å². The second-order valence-corrected chi connectivity index (χ2v) is 3.78. The Morgan fingerprint density at radius 3 is 3.00 bits per heavy atom. The number of carbonyl (C=O) groups is 1. The first-order chi connectivity index (χ1) is 5.57. The Hall–Kier alpha value is -0.830. The van der Waals surface area contributed by atoms with E-state index in [1.54, 1.807) is 0 Å². The van der Waals surface area contributed by atoms with Gasteiger partial charge in [-0.25, -0.2) is 0 Å². The minimum absolute atomic E-state index is 0.0881. The fourth-order valence-corrected chi connectivity index (χ4v) is 1.69. The Bertz CT molecular complexity index is 203. The second-order valence-electron chi connectivity index (χ2n) is 3.78. The normalized spacial score (nSPS) is 34.9. The molecule has 1 aliphatic rings. The first-order valence-corrected chi connectivity index (χ1v) is 4.14. The molecule has 0 aromatic rings. The SMILES string of the molecule is C=CCC1(C)CN[C@H](C(=O)O)C1. The first-order valence-electron chi connectivity index (χ1n) is 4.14. The maximum Gasteiger partial charge on any atom is 0.320 e. The third kappa shape index (κ3) is 1.85. The average molecular weight is 169 g/mol. The molecule has 0 aromatic heterocycles. The van der Waals surface area contributed by atoms with Gasteiger partial charge in [0.2, 0.25) is 0 Å². The van der Waals surface area contributed by atoms with Crippen LogP contribution >= 0.6 is 0 Å². The van der Waals surface area contributed by atoms with Gasteiger partial charge in [0.15, 0.2) is 0 Å². The number of nitrogens with one attached hydrogen (secondary N) is 1. The molecule has 0 radical (unpaired) electrons. The number of carboxylic acids is 1. The molecule has 2 N–H and O–H groups in total. The van der Waals surface area contributed by atoms with Gasteiger partial charge in [0.25, 0.3) is 0 Å². The third-order valence-corrected chi connectivity index (χ3v) is 2.41. The molecule has 1 fully saturated rings. The van der Waals surface area contributed by atoms with Gasteiger partial charge in [-0.3, -0.25) is 4.79 Å². The number of hydrogen-bond acceptors (Lipinski definition) is 2. The Labute approximate surface area is 72.5 Å². The van der Waals surface area contributed by atoms with Crippen molar-refractivity contribution in [1.29, 1.82) is 0 Å². The van der Waals surface area contributed by atoms with Crippen LogP contribution in [-0.4, -0.2) is 23.7 Å². The van der Waals surface area contributed by atoms with Crippen LogP contribution in [0.4, 0.5) is 0 Å². The van der Waals surface area contributed by atoms with Crippen LogP contribution in [0.3, 0.4) is 0 Å². The summed E-state index contributed by atoms with van der Waals surface area (Å²) in [7, 11) is 0. The molecule has 1 aliphatic heterocycles. The molecule has 1 rings (SSSR count). The molecule has 1 heterocycles. The maximum atomic E-state index is 10.6. The van der Waals surface area contributed by atoms with Crippen LogP contribution < -0.4 is 5.32 Å². The Morgan fingerprint density at radius 1 is 1.92 bits per heavy atom. The maximum absolute atomic E-state index is 10.6. The summed E-state index contributed by atoms with van der Waals surface area (Å²) in [5.74, 6) is -0.747. The summed E-state index contributed by atoms with van der Waals surface area (Å²) < 4.78 is 0. The third-order valence-electron chi connectivity index (χ3n) is 2.41. The average Bonchev–Trinajstić information content (AvgIpc) is 2.33. The van der Waals surface area contributed by atoms with Crippen molar-refractivity contribution >= 4 is 5.97 Å². The van der Waals surface area contributed by atoms with Crippen molar-refractivity contribution in [2.24, 2.45) is 5.41 Å². The van der Waals surface area contributed by atoms with E-state index in [0.29, 0.717) is 6.42 Å². The molecule has 0 amide bonds. The molecule has 1 unspecified atom stereocenters. The molecule has 0 bridgehead atoms. The molecule has 2 atom stereocenters. The number of aliphatic carboxylic acids is 1. The summed E-state index contributed by atoms with van der Waals surface area (Å²) >= 11 is 0. The molecule has 1 saturated heterocycles. The van der Waals surface area contributed by atoms with E-state index in [0.717, 1.165) is 13.0 Å². The van der Waals surface area contributed by atoms with E-state index in [4.69, 9.17) is 5.11 Å². The van der Waals surface area contributed by atoms with Gasteiger partial charge in [-0.2, -0.15) is 0 Å². The second kappa shape index (κ2) is 3.27. The van der Waals surface area contributed by atoms with Gasteiger partial charge in [-0.1, -0.05) is 13.0 Å². The van der Waals surface area contributed by atoms with Crippen molar-refractivity contribution in [3.05, 3.63) is 12.7 Å². The van der Waals surface area contributed by atoms with Crippen LogP contribution in [0.25, 0.3) is 0 Å².